The Morgan fingerprint density at radius 2 is 2.30 bits per heavy atom. The topological polar surface area (TPSA) is 67.5 Å². The number of aliphatic carboxylic acids is 1. The zero-order chi connectivity index (χ0) is 13.7. The quantitative estimate of drug-likeness (QED) is 0.785. The summed E-state index contributed by atoms with van der Waals surface area (Å²) in [5.41, 5.74) is 2.40. The van der Waals surface area contributed by atoms with Crippen LogP contribution in [0.2, 0.25) is 0 Å². The lowest BCUT2D eigenvalue weighted by Gasteiger charge is -2.00. The molecule has 1 atom stereocenters. The first-order chi connectivity index (χ1) is 9.72. The molecule has 6 heteroatoms. The number of aryl methyl sites for hydroxylation is 1. The van der Waals surface area contributed by atoms with Crippen LogP contribution in [0.25, 0.3) is 16.3 Å². The molecule has 100 valence electrons. The second-order valence-electron chi connectivity index (χ2n) is 4.85. The number of carboxylic acids is 1. The number of rotatable bonds is 2. The van der Waals surface area contributed by atoms with E-state index in [0.717, 1.165) is 33.3 Å². The summed E-state index contributed by atoms with van der Waals surface area (Å²) in [5.74, 6) is -1.23. The molecule has 0 aromatic carbocycles. The third kappa shape index (κ3) is 1.65. The predicted molar refractivity (Wildman–Crippen MR) is 75.0 cm³/mol. The summed E-state index contributed by atoms with van der Waals surface area (Å²) in [6.45, 7) is 0. The number of carbonyl (C=O) groups is 1. The van der Waals surface area contributed by atoms with Crippen LogP contribution in [0, 0.1) is 0 Å². The molecule has 4 rings (SSSR count). The molecule has 0 saturated heterocycles. The SMILES string of the molecule is O=C(O)C1CCc2sc(-c3cn4ccccc4n3)nc21. The van der Waals surface area contributed by atoms with Crippen LogP contribution in [-0.4, -0.2) is 25.4 Å². The van der Waals surface area contributed by atoms with Crippen molar-refractivity contribution in [1.82, 2.24) is 14.4 Å². The number of hydrogen-bond donors (Lipinski definition) is 1. The number of fused-ring (bicyclic) bond motifs is 2. The van der Waals surface area contributed by atoms with Gasteiger partial charge in [0.1, 0.15) is 22.3 Å². The van der Waals surface area contributed by atoms with Gasteiger partial charge in [0, 0.05) is 17.3 Å². The summed E-state index contributed by atoms with van der Waals surface area (Å²) in [5, 5.41) is 10.0. The van der Waals surface area contributed by atoms with Gasteiger partial charge in [-0.15, -0.1) is 11.3 Å². The van der Waals surface area contributed by atoms with Crippen LogP contribution in [0.5, 0.6) is 0 Å². The molecule has 1 aliphatic carbocycles. The summed E-state index contributed by atoms with van der Waals surface area (Å²) in [7, 11) is 0. The highest BCUT2D eigenvalue weighted by Crippen LogP contribution is 2.39. The van der Waals surface area contributed by atoms with Crippen LogP contribution in [-0.2, 0) is 11.2 Å². The van der Waals surface area contributed by atoms with E-state index >= 15 is 0 Å². The van der Waals surface area contributed by atoms with Crippen molar-refractivity contribution < 1.29 is 9.90 Å². The summed E-state index contributed by atoms with van der Waals surface area (Å²) in [6.07, 6.45) is 5.33. The minimum Gasteiger partial charge on any atom is -0.481 e. The van der Waals surface area contributed by atoms with Crippen molar-refractivity contribution >= 4 is 23.0 Å². The number of nitrogens with zero attached hydrogens (tertiary/aromatic N) is 3. The first-order valence-corrected chi connectivity index (χ1v) is 7.20. The summed E-state index contributed by atoms with van der Waals surface area (Å²) in [4.78, 5) is 21.3. The van der Waals surface area contributed by atoms with Crippen molar-refractivity contribution in [1.29, 1.82) is 0 Å². The van der Waals surface area contributed by atoms with E-state index in [1.165, 1.54) is 0 Å². The van der Waals surface area contributed by atoms with E-state index in [1.807, 2.05) is 35.0 Å². The molecule has 0 fully saturated rings. The molecule has 0 spiro atoms. The van der Waals surface area contributed by atoms with Gasteiger partial charge in [-0.1, -0.05) is 6.07 Å². The van der Waals surface area contributed by atoms with Crippen molar-refractivity contribution in [3.8, 4) is 10.7 Å². The van der Waals surface area contributed by atoms with Crippen LogP contribution in [0.15, 0.2) is 30.6 Å². The van der Waals surface area contributed by atoms with Crippen molar-refractivity contribution in [3.05, 3.63) is 41.2 Å². The van der Waals surface area contributed by atoms with Gasteiger partial charge in [0.25, 0.3) is 0 Å². The lowest BCUT2D eigenvalue weighted by atomic mass is 10.1. The van der Waals surface area contributed by atoms with Crippen LogP contribution >= 0.6 is 11.3 Å². The fourth-order valence-corrected chi connectivity index (χ4v) is 3.71. The van der Waals surface area contributed by atoms with Gasteiger partial charge in [0.2, 0.25) is 0 Å². The molecule has 5 nitrogen and oxygen atoms in total. The molecule has 0 bridgehead atoms. The van der Waals surface area contributed by atoms with Gasteiger partial charge in [0.05, 0.1) is 5.69 Å². The molecule has 0 radical (unpaired) electrons. The molecule has 3 aromatic rings. The van der Waals surface area contributed by atoms with Gasteiger partial charge in [-0.05, 0) is 25.0 Å². The van der Waals surface area contributed by atoms with Gasteiger partial charge in [0.15, 0.2) is 0 Å². The summed E-state index contributed by atoms with van der Waals surface area (Å²) in [6, 6.07) is 5.82. The Balaban J connectivity index is 1.80. The van der Waals surface area contributed by atoms with Gasteiger partial charge < -0.3 is 9.51 Å². The maximum absolute atomic E-state index is 11.2. The number of aromatic nitrogens is 3. The Labute approximate surface area is 118 Å². The van der Waals surface area contributed by atoms with Crippen molar-refractivity contribution in [3.63, 3.8) is 0 Å². The number of carboxylic acid groups (broad SMARTS) is 1. The number of thiazole rings is 1. The van der Waals surface area contributed by atoms with E-state index in [-0.39, 0.29) is 0 Å². The van der Waals surface area contributed by atoms with Crippen molar-refractivity contribution in [2.24, 2.45) is 0 Å². The molecule has 1 unspecified atom stereocenters. The molecule has 3 aromatic heterocycles. The minimum absolute atomic E-state index is 0.452. The van der Waals surface area contributed by atoms with E-state index in [2.05, 4.69) is 9.97 Å². The Morgan fingerprint density at radius 3 is 3.10 bits per heavy atom. The molecular formula is C14H11N3O2S. The van der Waals surface area contributed by atoms with E-state index in [0.29, 0.717) is 6.42 Å². The normalized spacial score (nSPS) is 17.5. The van der Waals surface area contributed by atoms with Crippen molar-refractivity contribution in [2.45, 2.75) is 18.8 Å². The van der Waals surface area contributed by atoms with E-state index < -0.39 is 11.9 Å². The largest absolute Gasteiger partial charge is 0.481 e. The number of hydrogen-bond acceptors (Lipinski definition) is 4. The maximum Gasteiger partial charge on any atom is 0.312 e. The Morgan fingerprint density at radius 1 is 1.40 bits per heavy atom. The fraction of sp³-hybridized carbons (Fsp3) is 0.214. The lowest BCUT2D eigenvalue weighted by Crippen LogP contribution is -2.08. The monoisotopic (exact) mass is 285 g/mol. The molecule has 20 heavy (non-hydrogen) atoms. The van der Waals surface area contributed by atoms with Crippen LogP contribution in [0.4, 0.5) is 0 Å². The van der Waals surface area contributed by atoms with E-state index in [9.17, 15) is 9.90 Å². The minimum atomic E-state index is -0.782. The van der Waals surface area contributed by atoms with Crippen LogP contribution < -0.4 is 0 Å². The predicted octanol–water partition coefficient (Wildman–Crippen LogP) is 2.57. The Bertz CT molecular complexity index is 788. The van der Waals surface area contributed by atoms with Gasteiger partial charge >= 0.3 is 5.97 Å². The van der Waals surface area contributed by atoms with E-state index in [1.54, 1.807) is 11.3 Å². The smallest absolute Gasteiger partial charge is 0.312 e. The first kappa shape index (κ1) is 11.6. The Hall–Kier alpha value is -2.21. The summed E-state index contributed by atoms with van der Waals surface area (Å²) < 4.78 is 1.94. The summed E-state index contributed by atoms with van der Waals surface area (Å²) >= 11 is 1.56. The molecule has 0 saturated carbocycles. The number of imidazole rings is 1. The fourth-order valence-electron chi connectivity index (χ4n) is 2.61. The zero-order valence-corrected chi connectivity index (χ0v) is 11.3. The van der Waals surface area contributed by atoms with Gasteiger partial charge in [-0.2, -0.15) is 0 Å². The molecule has 0 amide bonds. The third-order valence-electron chi connectivity index (χ3n) is 3.60. The van der Waals surface area contributed by atoms with Crippen LogP contribution in [0.1, 0.15) is 22.9 Å². The van der Waals surface area contributed by atoms with Crippen molar-refractivity contribution in [2.75, 3.05) is 0 Å². The van der Waals surface area contributed by atoms with Crippen LogP contribution in [0.3, 0.4) is 0 Å². The maximum atomic E-state index is 11.2. The van der Waals surface area contributed by atoms with E-state index in [4.69, 9.17) is 0 Å². The average Bonchev–Trinajstić information content (AvgIpc) is 3.10. The lowest BCUT2D eigenvalue weighted by molar-refractivity contribution is -0.138. The van der Waals surface area contributed by atoms with Gasteiger partial charge in [-0.25, -0.2) is 9.97 Å². The molecule has 1 aliphatic rings. The first-order valence-electron chi connectivity index (χ1n) is 6.39. The highest BCUT2D eigenvalue weighted by atomic mass is 32.1. The zero-order valence-electron chi connectivity index (χ0n) is 10.5. The molecule has 1 N–H and O–H groups in total. The van der Waals surface area contributed by atoms with Gasteiger partial charge in [-0.3, -0.25) is 4.79 Å². The Kier molecular flexibility index (Phi) is 2.40. The third-order valence-corrected chi connectivity index (χ3v) is 4.75. The second-order valence-corrected chi connectivity index (χ2v) is 5.93. The molecule has 3 heterocycles. The highest BCUT2D eigenvalue weighted by molar-refractivity contribution is 7.15. The molecular weight excluding hydrogens is 274 g/mol. The second kappa shape index (κ2) is 4.14. The molecule has 0 aliphatic heterocycles. The number of pyridine rings is 1. The average molecular weight is 285 g/mol. The highest BCUT2D eigenvalue weighted by Gasteiger charge is 2.32. The standard InChI is InChI=1S/C14H11N3O2S/c18-14(19)8-4-5-10-12(8)16-13(20-10)9-7-17-6-2-1-3-11(17)15-9/h1-3,6-8H,4-5H2,(H,18,19).